The van der Waals surface area contributed by atoms with Gasteiger partial charge in [-0.2, -0.15) is 8.42 Å². The third-order valence-corrected chi connectivity index (χ3v) is 3.28. The van der Waals surface area contributed by atoms with E-state index in [4.69, 9.17) is 4.18 Å². The van der Waals surface area contributed by atoms with E-state index in [0.717, 1.165) is 17.4 Å². The van der Waals surface area contributed by atoms with Crippen LogP contribution in [-0.4, -0.2) is 20.8 Å². The molecular formula is C11H13FO3S. The van der Waals surface area contributed by atoms with Crippen molar-refractivity contribution in [2.24, 2.45) is 0 Å². The first-order valence-electron chi connectivity index (χ1n) is 5.09. The molecule has 0 saturated heterocycles. The van der Waals surface area contributed by atoms with E-state index in [1.807, 2.05) is 0 Å². The van der Waals surface area contributed by atoms with E-state index in [9.17, 15) is 12.8 Å². The van der Waals surface area contributed by atoms with Gasteiger partial charge in [0.2, 0.25) is 0 Å². The van der Waals surface area contributed by atoms with Crippen LogP contribution in [0.2, 0.25) is 0 Å². The SMILES string of the molecule is CS(=O)(=O)O[C@H]1CCc2cc(F)ccc2C1. The van der Waals surface area contributed by atoms with Gasteiger partial charge in [0.15, 0.2) is 0 Å². The van der Waals surface area contributed by atoms with Gasteiger partial charge in [-0.05, 0) is 36.1 Å². The summed E-state index contributed by atoms with van der Waals surface area (Å²) in [7, 11) is -3.41. The summed E-state index contributed by atoms with van der Waals surface area (Å²) >= 11 is 0. The summed E-state index contributed by atoms with van der Waals surface area (Å²) < 4.78 is 39.8. The zero-order valence-electron chi connectivity index (χ0n) is 8.94. The predicted molar refractivity (Wildman–Crippen MR) is 58.1 cm³/mol. The molecule has 1 aliphatic carbocycles. The Balaban J connectivity index is 2.15. The second-order valence-corrected chi connectivity index (χ2v) is 5.68. The molecule has 3 nitrogen and oxygen atoms in total. The zero-order valence-corrected chi connectivity index (χ0v) is 9.76. The molecule has 5 heteroatoms. The zero-order chi connectivity index (χ0) is 11.8. The highest BCUT2D eigenvalue weighted by Gasteiger charge is 2.22. The molecule has 0 fully saturated rings. The third-order valence-electron chi connectivity index (χ3n) is 2.66. The normalized spacial score (nSPS) is 20.5. The van der Waals surface area contributed by atoms with Gasteiger partial charge in [0, 0.05) is 6.42 Å². The van der Waals surface area contributed by atoms with Crippen molar-refractivity contribution in [3.8, 4) is 0 Å². The van der Waals surface area contributed by atoms with Crippen LogP contribution in [0, 0.1) is 5.82 Å². The van der Waals surface area contributed by atoms with E-state index in [0.29, 0.717) is 19.3 Å². The van der Waals surface area contributed by atoms with E-state index in [1.165, 1.54) is 12.1 Å². The Bertz CT molecular complexity index is 496. The van der Waals surface area contributed by atoms with Gasteiger partial charge in [-0.1, -0.05) is 6.07 Å². The maximum atomic E-state index is 12.9. The van der Waals surface area contributed by atoms with E-state index in [2.05, 4.69) is 0 Å². The molecule has 0 aromatic heterocycles. The highest BCUT2D eigenvalue weighted by atomic mass is 32.2. The Morgan fingerprint density at radius 2 is 2.12 bits per heavy atom. The summed E-state index contributed by atoms with van der Waals surface area (Å²) in [6.45, 7) is 0. The number of hydrogen-bond donors (Lipinski definition) is 0. The molecule has 0 bridgehead atoms. The van der Waals surface area contributed by atoms with Crippen molar-refractivity contribution in [2.75, 3.05) is 6.26 Å². The van der Waals surface area contributed by atoms with Gasteiger partial charge in [0.25, 0.3) is 10.1 Å². The summed E-state index contributed by atoms with van der Waals surface area (Å²) in [6, 6.07) is 4.59. The van der Waals surface area contributed by atoms with E-state index >= 15 is 0 Å². The summed E-state index contributed by atoms with van der Waals surface area (Å²) in [5.41, 5.74) is 1.93. The molecule has 0 amide bonds. The fraction of sp³-hybridized carbons (Fsp3) is 0.455. The van der Waals surface area contributed by atoms with E-state index < -0.39 is 10.1 Å². The topological polar surface area (TPSA) is 43.4 Å². The van der Waals surface area contributed by atoms with Crippen molar-refractivity contribution in [3.05, 3.63) is 35.1 Å². The highest BCUT2D eigenvalue weighted by molar-refractivity contribution is 7.86. The Kier molecular flexibility index (Phi) is 2.99. The molecule has 0 heterocycles. The minimum Gasteiger partial charge on any atom is -0.267 e. The second kappa shape index (κ2) is 4.14. The summed E-state index contributed by atoms with van der Waals surface area (Å²) in [4.78, 5) is 0. The van der Waals surface area contributed by atoms with Gasteiger partial charge in [-0.25, -0.2) is 4.39 Å². The van der Waals surface area contributed by atoms with E-state index in [-0.39, 0.29) is 11.9 Å². The molecule has 1 aromatic carbocycles. The van der Waals surface area contributed by atoms with E-state index in [1.54, 1.807) is 6.07 Å². The molecule has 0 saturated carbocycles. The molecule has 0 unspecified atom stereocenters. The standard InChI is InChI=1S/C11H13FO3S/c1-16(13,14)15-11-5-3-8-6-10(12)4-2-9(8)7-11/h2,4,6,11H,3,5,7H2,1H3/t11-/m0/s1. The van der Waals surface area contributed by atoms with Crippen molar-refractivity contribution in [1.82, 2.24) is 0 Å². The average molecular weight is 244 g/mol. The van der Waals surface area contributed by atoms with Crippen molar-refractivity contribution in [1.29, 1.82) is 0 Å². The fourth-order valence-corrected chi connectivity index (χ4v) is 2.68. The van der Waals surface area contributed by atoms with Gasteiger partial charge in [-0.3, -0.25) is 4.18 Å². The second-order valence-electron chi connectivity index (χ2n) is 4.08. The lowest BCUT2D eigenvalue weighted by Gasteiger charge is -2.23. The minimum absolute atomic E-state index is 0.249. The molecule has 16 heavy (non-hydrogen) atoms. The maximum Gasteiger partial charge on any atom is 0.264 e. The number of hydrogen-bond acceptors (Lipinski definition) is 3. The van der Waals surface area contributed by atoms with Gasteiger partial charge < -0.3 is 0 Å². The number of rotatable bonds is 2. The lowest BCUT2D eigenvalue weighted by Crippen LogP contribution is -2.25. The van der Waals surface area contributed by atoms with Gasteiger partial charge in [0.05, 0.1) is 12.4 Å². The lowest BCUT2D eigenvalue weighted by atomic mass is 9.90. The Morgan fingerprint density at radius 1 is 1.38 bits per heavy atom. The smallest absolute Gasteiger partial charge is 0.264 e. The van der Waals surface area contributed by atoms with Crippen LogP contribution in [-0.2, 0) is 27.1 Å². The molecule has 1 aliphatic rings. The van der Waals surface area contributed by atoms with Crippen molar-refractivity contribution < 1.29 is 17.0 Å². The monoisotopic (exact) mass is 244 g/mol. The minimum atomic E-state index is -3.41. The first-order valence-corrected chi connectivity index (χ1v) is 6.91. The van der Waals surface area contributed by atoms with Gasteiger partial charge >= 0.3 is 0 Å². The third kappa shape index (κ3) is 2.80. The van der Waals surface area contributed by atoms with Crippen molar-refractivity contribution in [3.63, 3.8) is 0 Å². The van der Waals surface area contributed by atoms with Crippen molar-refractivity contribution >= 4 is 10.1 Å². The molecule has 1 atom stereocenters. The van der Waals surface area contributed by atoms with Crippen LogP contribution in [0.15, 0.2) is 18.2 Å². The number of fused-ring (bicyclic) bond motifs is 1. The first-order chi connectivity index (χ1) is 7.44. The fourth-order valence-electron chi connectivity index (χ4n) is 2.02. The Hall–Kier alpha value is -0.940. The van der Waals surface area contributed by atoms with Crippen LogP contribution in [0.5, 0.6) is 0 Å². The number of benzene rings is 1. The summed E-state index contributed by atoms with van der Waals surface area (Å²) in [5.74, 6) is -0.249. The molecule has 1 aromatic rings. The largest absolute Gasteiger partial charge is 0.267 e. The van der Waals surface area contributed by atoms with Crippen LogP contribution >= 0.6 is 0 Å². The number of halogens is 1. The first kappa shape index (κ1) is 11.5. The molecule has 0 radical (unpaired) electrons. The van der Waals surface area contributed by atoms with Crippen LogP contribution in [0.3, 0.4) is 0 Å². The predicted octanol–water partition coefficient (Wildman–Crippen LogP) is 1.66. The van der Waals surface area contributed by atoms with Crippen LogP contribution in [0.25, 0.3) is 0 Å². The summed E-state index contributed by atoms with van der Waals surface area (Å²) in [5, 5.41) is 0. The number of aryl methyl sites for hydroxylation is 1. The van der Waals surface area contributed by atoms with Crippen LogP contribution in [0.1, 0.15) is 17.5 Å². The van der Waals surface area contributed by atoms with Crippen LogP contribution in [0.4, 0.5) is 4.39 Å². The molecule has 88 valence electrons. The van der Waals surface area contributed by atoms with Crippen LogP contribution < -0.4 is 0 Å². The Morgan fingerprint density at radius 3 is 2.81 bits per heavy atom. The molecule has 0 N–H and O–H groups in total. The molecule has 2 rings (SSSR count). The van der Waals surface area contributed by atoms with Crippen molar-refractivity contribution in [2.45, 2.75) is 25.4 Å². The highest BCUT2D eigenvalue weighted by Crippen LogP contribution is 2.24. The average Bonchev–Trinajstić information content (AvgIpc) is 2.16. The maximum absolute atomic E-state index is 12.9. The van der Waals surface area contributed by atoms with Gasteiger partial charge in [-0.15, -0.1) is 0 Å². The molecular weight excluding hydrogens is 231 g/mol. The quantitative estimate of drug-likeness (QED) is 0.743. The van der Waals surface area contributed by atoms with Gasteiger partial charge in [0.1, 0.15) is 5.82 Å². The molecule has 0 spiro atoms. The summed E-state index contributed by atoms with van der Waals surface area (Å²) in [6.07, 6.45) is 2.54. The molecule has 0 aliphatic heterocycles. The lowest BCUT2D eigenvalue weighted by molar-refractivity contribution is 0.194. The Labute approximate surface area is 94.4 Å².